The van der Waals surface area contributed by atoms with E-state index in [1.807, 2.05) is 10.8 Å². The van der Waals surface area contributed by atoms with Crippen molar-refractivity contribution >= 4 is 22.5 Å². The van der Waals surface area contributed by atoms with Gasteiger partial charge in [0.05, 0.1) is 29.4 Å². The lowest BCUT2D eigenvalue weighted by atomic mass is 9.92. The smallest absolute Gasteiger partial charge is 0.381 e. The van der Waals surface area contributed by atoms with E-state index in [0.29, 0.717) is 54.9 Å². The maximum atomic E-state index is 14.5. The monoisotopic (exact) mass is 603 g/mol. The molecule has 3 N–H and O–H groups in total. The first kappa shape index (κ1) is 29.2. The number of anilines is 1. The van der Waals surface area contributed by atoms with Gasteiger partial charge >= 0.3 is 6.18 Å². The highest BCUT2D eigenvalue weighted by molar-refractivity contribution is 5.96. The van der Waals surface area contributed by atoms with Crippen molar-refractivity contribution in [2.24, 2.45) is 0 Å². The van der Waals surface area contributed by atoms with E-state index in [2.05, 4.69) is 33.0 Å². The molecule has 3 aromatic heterocycles. The van der Waals surface area contributed by atoms with Crippen molar-refractivity contribution in [1.82, 2.24) is 29.9 Å². The zero-order chi connectivity index (χ0) is 30.2. The Morgan fingerprint density at radius 2 is 2.05 bits per heavy atom. The second kappa shape index (κ2) is 11.6. The Kier molecular flexibility index (Phi) is 7.90. The molecule has 2 aliphatic rings. The summed E-state index contributed by atoms with van der Waals surface area (Å²) >= 11 is 0. The summed E-state index contributed by atoms with van der Waals surface area (Å²) in [7, 11) is 0. The molecule has 0 spiro atoms. The molecule has 14 heteroatoms. The Bertz CT molecular complexity index is 1590. The molecule has 1 aromatic carbocycles. The van der Waals surface area contributed by atoms with Gasteiger partial charge in [-0.3, -0.25) is 4.79 Å². The largest absolute Gasteiger partial charge is 0.406 e. The van der Waals surface area contributed by atoms with E-state index in [1.54, 1.807) is 36.5 Å². The summed E-state index contributed by atoms with van der Waals surface area (Å²) in [5.41, 5.74) is 1.21. The van der Waals surface area contributed by atoms with Gasteiger partial charge in [-0.25, -0.2) is 4.39 Å². The van der Waals surface area contributed by atoms with Gasteiger partial charge in [-0.2, -0.15) is 18.2 Å². The lowest BCUT2D eigenvalue weighted by Crippen LogP contribution is -2.46. The number of hydrogen-bond acceptors (Lipinski definition) is 7. The summed E-state index contributed by atoms with van der Waals surface area (Å²) in [4.78, 5) is 17.1. The molecule has 2 aliphatic heterocycles. The van der Waals surface area contributed by atoms with Crippen molar-refractivity contribution in [1.29, 1.82) is 0 Å². The van der Waals surface area contributed by atoms with E-state index >= 15 is 0 Å². The van der Waals surface area contributed by atoms with Crippen molar-refractivity contribution in [3.63, 3.8) is 0 Å². The number of piperidine rings is 1. The van der Waals surface area contributed by atoms with Gasteiger partial charge in [0.2, 0.25) is 11.7 Å². The number of carbonyl (C=O) groups is 1. The highest BCUT2D eigenvalue weighted by Crippen LogP contribution is 2.35. The molecule has 0 unspecified atom stereocenters. The van der Waals surface area contributed by atoms with Gasteiger partial charge in [-0.05, 0) is 57.0 Å². The standard InChI is InChI=1S/C29H33F4N7O3/c1-28(7-11-42-12-8-28)39-10-6-18(16-39)27(41)35-15-25-37-26(38-43-25)24-13-19-21(36-22-14-34-9-5-20(22)30)3-2-4-23(19)40(24)17-29(31,32)33/h2-4,6,10,13,16,20,22,34,36H,5,7-9,11-12,14-15,17H2,1H3,(H,35,41)/t20-,22+/m1/s1. The molecule has 43 heavy (non-hydrogen) atoms. The SMILES string of the molecule is CC1(n2ccc(C(=O)NCc3nc(-c4cc5c(N[C@H]6CNCC[C@H]6F)cccc5n4CC(F)(F)F)no3)c2)CCOCC1. The number of hydrogen-bond donors (Lipinski definition) is 3. The van der Waals surface area contributed by atoms with Crippen LogP contribution in [0.4, 0.5) is 23.2 Å². The third-order valence-electron chi connectivity index (χ3n) is 8.27. The van der Waals surface area contributed by atoms with E-state index in [9.17, 15) is 22.4 Å². The molecule has 230 valence electrons. The Balaban J connectivity index is 1.21. The fraction of sp³-hybridized carbons (Fsp3) is 0.483. The number of halogens is 4. The van der Waals surface area contributed by atoms with Crippen LogP contribution >= 0.6 is 0 Å². The number of nitrogens with zero attached hydrogens (tertiary/aromatic N) is 4. The number of nitrogens with one attached hydrogen (secondary N) is 3. The molecule has 2 atom stereocenters. The van der Waals surface area contributed by atoms with Crippen LogP contribution < -0.4 is 16.0 Å². The molecular weight excluding hydrogens is 570 g/mol. The predicted molar refractivity (Wildman–Crippen MR) is 150 cm³/mol. The molecule has 6 rings (SSSR count). The van der Waals surface area contributed by atoms with Crippen LogP contribution in [0.3, 0.4) is 0 Å². The van der Waals surface area contributed by atoms with Crippen molar-refractivity contribution < 1.29 is 31.6 Å². The third-order valence-corrected chi connectivity index (χ3v) is 8.27. The van der Waals surface area contributed by atoms with Gasteiger partial charge < -0.3 is 34.3 Å². The quantitative estimate of drug-likeness (QED) is 0.252. The van der Waals surface area contributed by atoms with Gasteiger partial charge in [-0.15, -0.1) is 0 Å². The molecule has 1 amide bonds. The second-order valence-corrected chi connectivity index (χ2v) is 11.3. The molecule has 10 nitrogen and oxygen atoms in total. The first-order valence-electron chi connectivity index (χ1n) is 14.3. The zero-order valence-corrected chi connectivity index (χ0v) is 23.6. The number of ether oxygens (including phenoxy) is 1. The van der Waals surface area contributed by atoms with E-state index in [1.165, 1.54) is 0 Å². The fourth-order valence-corrected chi connectivity index (χ4v) is 5.74. The molecule has 2 fully saturated rings. The van der Waals surface area contributed by atoms with Crippen LogP contribution in [0, 0.1) is 0 Å². The van der Waals surface area contributed by atoms with Crippen LogP contribution in [0.5, 0.6) is 0 Å². The van der Waals surface area contributed by atoms with Crippen molar-refractivity contribution in [3.8, 4) is 11.5 Å². The van der Waals surface area contributed by atoms with Crippen LogP contribution in [0.15, 0.2) is 47.2 Å². The Morgan fingerprint density at radius 1 is 1.23 bits per heavy atom. The first-order valence-corrected chi connectivity index (χ1v) is 14.3. The van der Waals surface area contributed by atoms with Crippen LogP contribution in [0.1, 0.15) is 42.4 Å². The summed E-state index contributed by atoms with van der Waals surface area (Å²) in [6.07, 6.45) is 0.0551. The highest BCUT2D eigenvalue weighted by atomic mass is 19.4. The Morgan fingerprint density at radius 3 is 2.81 bits per heavy atom. The highest BCUT2D eigenvalue weighted by Gasteiger charge is 2.32. The number of fused-ring (bicyclic) bond motifs is 1. The maximum Gasteiger partial charge on any atom is 0.406 e. The van der Waals surface area contributed by atoms with Crippen LogP contribution in [-0.2, 0) is 23.4 Å². The minimum atomic E-state index is -4.53. The topological polar surface area (TPSA) is 111 Å². The van der Waals surface area contributed by atoms with E-state index in [4.69, 9.17) is 9.26 Å². The van der Waals surface area contributed by atoms with Crippen LogP contribution in [0.2, 0.25) is 0 Å². The molecule has 0 saturated carbocycles. The number of rotatable bonds is 8. The molecule has 0 bridgehead atoms. The lowest BCUT2D eigenvalue weighted by molar-refractivity contribution is -0.139. The van der Waals surface area contributed by atoms with Gasteiger partial charge in [0.15, 0.2) is 0 Å². The minimum absolute atomic E-state index is 0.0369. The summed E-state index contributed by atoms with van der Waals surface area (Å²) in [5, 5.41) is 13.4. The molecule has 4 aromatic rings. The molecular formula is C29H33F4N7O3. The molecule has 5 heterocycles. The van der Waals surface area contributed by atoms with Crippen molar-refractivity contribution in [3.05, 3.63) is 54.2 Å². The number of amides is 1. The van der Waals surface area contributed by atoms with Gasteiger partial charge in [-0.1, -0.05) is 11.2 Å². The van der Waals surface area contributed by atoms with Gasteiger partial charge in [0.1, 0.15) is 12.7 Å². The molecule has 0 aliphatic carbocycles. The Labute approximate surface area is 244 Å². The van der Waals surface area contributed by atoms with Crippen molar-refractivity contribution in [2.75, 3.05) is 31.6 Å². The number of alkyl halides is 4. The number of benzene rings is 1. The number of aromatic nitrogens is 4. The van der Waals surface area contributed by atoms with Crippen LogP contribution in [0.25, 0.3) is 22.4 Å². The average molecular weight is 604 g/mol. The second-order valence-electron chi connectivity index (χ2n) is 11.3. The third kappa shape index (κ3) is 6.25. The molecule has 0 radical (unpaired) electrons. The van der Waals surface area contributed by atoms with Crippen LogP contribution in [-0.4, -0.2) is 69.9 Å². The normalized spacial score (nSPS) is 20.8. The maximum absolute atomic E-state index is 14.5. The van der Waals surface area contributed by atoms with Gasteiger partial charge in [0.25, 0.3) is 5.91 Å². The van der Waals surface area contributed by atoms with Gasteiger partial charge in [0, 0.05) is 48.8 Å². The fourth-order valence-electron chi connectivity index (χ4n) is 5.74. The minimum Gasteiger partial charge on any atom is -0.381 e. The summed E-state index contributed by atoms with van der Waals surface area (Å²) < 4.78 is 69.4. The summed E-state index contributed by atoms with van der Waals surface area (Å²) in [6.45, 7) is 3.01. The summed E-state index contributed by atoms with van der Waals surface area (Å²) in [6, 6.07) is 7.64. The van der Waals surface area contributed by atoms with E-state index in [0.717, 1.165) is 17.4 Å². The number of carbonyl (C=O) groups excluding carboxylic acids is 1. The predicted octanol–water partition coefficient (Wildman–Crippen LogP) is 4.62. The van der Waals surface area contributed by atoms with E-state index < -0.39 is 24.9 Å². The lowest BCUT2D eigenvalue weighted by Gasteiger charge is -2.35. The Hall–Kier alpha value is -3.91. The van der Waals surface area contributed by atoms with Crippen molar-refractivity contribution in [2.45, 2.75) is 63.2 Å². The zero-order valence-electron chi connectivity index (χ0n) is 23.6. The average Bonchev–Trinajstić information content (AvgIpc) is 3.73. The molecule has 2 saturated heterocycles. The first-order chi connectivity index (χ1) is 20.6. The van der Waals surface area contributed by atoms with E-state index in [-0.39, 0.29) is 35.4 Å². The summed E-state index contributed by atoms with van der Waals surface area (Å²) in [5.74, 6) is -0.369.